The van der Waals surface area contributed by atoms with E-state index in [-0.39, 0.29) is 5.57 Å². The maximum Gasteiger partial charge on any atom is 0.336 e. The number of carbonyl (C=O) groups is 2. The fraction of sp³-hybridized carbons (Fsp3) is 0.625. The van der Waals surface area contributed by atoms with Crippen molar-refractivity contribution >= 4 is 11.9 Å². The van der Waals surface area contributed by atoms with Gasteiger partial charge in [-0.2, -0.15) is 0 Å². The van der Waals surface area contributed by atoms with Crippen LogP contribution in [0, 0.1) is 5.92 Å². The molecule has 9 heteroatoms. The van der Waals surface area contributed by atoms with Gasteiger partial charge in [-0.25, -0.2) is 4.79 Å². The molecule has 0 aromatic heterocycles. The number of rotatable bonds is 7. The standard InChI is InChI=1S/C16H24O9/c1-8(14(21)22)5-3-4-6-9(2)15(23)25-16-13(20)12(19)11(18)10(7-17)24-16/h3-4,6,8,10-13,16-20H,5,7H2,1-2H3,(H,21,22)/t8-,10+,11+,12-,13+,16-/m0/s1. The van der Waals surface area contributed by atoms with Crippen LogP contribution in [0.1, 0.15) is 20.3 Å². The first-order valence-corrected chi connectivity index (χ1v) is 7.76. The van der Waals surface area contributed by atoms with Crippen molar-refractivity contribution in [3.05, 3.63) is 23.8 Å². The lowest BCUT2D eigenvalue weighted by molar-refractivity contribution is -0.291. The molecule has 0 amide bonds. The number of hydrogen-bond acceptors (Lipinski definition) is 8. The van der Waals surface area contributed by atoms with Crippen LogP contribution in [0.3, 0.4) is 0 Å². The van der Waals surface area contributed by atoms with Crippen LogP contribution in [0.2, 0.25) is 0 Å². The molecule has 0 unspecified atom stereocenters. The number of carboxylic acids is 1. The van der Waals surface area contributed by atoms with E-state index in [1.165, 1.54) is 19.1 Å². The maximum atomic E-state index is 12.0. The third kappa shape index (κ3) is 5.91. The van der Waals surface area contributed by atoms with Crippen molar-refractivity contribution in [2.24, 2.45) is 5.92 Å². The highest BCUT2D eigenvalue weighted by Crippen LogP contribution is 2.22. The van der Waals surface area contributed by atoms with Crippen LogP contribution in [0.5, 0.6) is 0 Å². The summed E-state index contributed by atoms with van der Waals surface area (Å²) < 4.78 is 10.0. The van der Waals surface area contributed by atoms with Crippen LogP contribution >= 0.6 is 0 Å². The second-order valence-electron chi connectivity index (χ2n) is 5.86. The summed E-state index contributed by atoms with van der Waals surface area (Å²) in [5, 5.41) is 46.9. The fourth-order valence-corrected chi connectivity index (χ4v) is 2.03. The summed E-state index contributed by atoms with van der Waals surface area (Å²) >= 11 is 0. The van der Waals surface area contributed by atoms with E-state index in [4.69, 9.17) is 19.7 Å². The lowest BCUT2D eigenvalue weighted by Crippen LogP contribution is -2.59. The van der Waals surface area contributed by atoms with Gasteiger partial charge in [0.05, 0.1) is 12.5 Å². The van der Waals surface area contributed by atoms with Gasteiger partial charge in [-0.15, -0.1) is 0 Å². The number of aliphatic hydroxyl groups excluding tert-OH is 4. The molecule has 5 N–H and O–H groups in total. The second kappa shape index (κ2) is 9.64. The molecular weight excluding hydrogens is 336 g/mol. The van der Waals surface area contributed by atoms with E-state index in [0.717, 1.165) is 0 Å². The van der Waals surface area contributed by atoms with Gasteiger partial charge in [0.25, 0.3) is 0 Å². The van der Waals surface area contributed by atoms with E-state index < -0.39 is 55.2 Å². The summed E-state index contributed by atoms with van der Waals surface area (Å²) in [5.41, 5.74) is 0.149. The van der Waals surface area contributed by atoms with Crippen molar-refractivity contribution in [2.75, 3.05) is 6.61 Å². The number of carbonyl (C=O) groups excluding carboxylic acids is 1. The van der Waals surface area contributed by atoms with Crippen molar-refractivity contribution in [2.45, 2.75) is 51.0 Å². The van der Waals surface area contributed by atoms with E-state index in [1.807, 2.05) is 0 Å². The lowest BCUT2D eigenvalue weighted by atomic mass is 9.99. The van der Waals surface area contributed by atoms with Gasteiger partial charge in [0.2, 0.25) is 6.29 Å². The Balaban J connectivity index is 2.63. The zero-order chi connectivity index (χ0) is 19.1. The summed E-state index contributed by atoms with van der Waals surface area (Å²) in [6, 6.07) is 0. The number of esters is 1. The molecule has 25 heavy (non-hydrogen) atoms. The van der Waals surface area contributed by atoms with Gasteiger partial charge in [-0.1, -0.05) is 25.2 Å². The summed E-state index contributed by atoms with van der Waals surface area (Å²) in [4.78, 5) is 22.6. The van der Waals surface area contributed by atoms with Gasteiger partial charge in [-0.3, -0.25) is 4.79 Å². The Hall–Kier alpha value is -1.78. The van der Waals surface area contributed by atoms with Gasteiger partial charge in [0.1, 0.15) is 24.4 Å². The molecule has 1 fully saturated rings. The largest absolute Gasteiger partial charge is 0.481 e. The van der Waals surface area contributed by atoms with Crippen LogP contribution in [-0.4, -0.2) is 74.8 Å². The maximum absolute atomic E-state index is 12.0. The topological polar surface area (TPSA) is 154 Å². The van der Waals surface area contributed by atoms with Crippen molar-refractivity contribution in [3.63, 3.8) is 0 Å². The Bertz CT molecular complexity index is 526. The number of carboxylic acid groups (broad SMARTS) is 1. The molecule has 0 saturated carbocycles. The minimum atomic E-state index is -1.67. The Labute approximate surface area is 144 Å². The SMILES string of the molecule is CC(=CC=CC[C@H](C)C(=O)O)C(=O)O[C@@H]1O[C@H](CO)[C@@H](O)[C@H](O)[C@H]1O. The minimum absolute atomic E-state index is 0.149. The molecule has 9 nitrogen and oxygen atoms in total. The molecule has 1 aliphatic heterocycles. The second-order valence-corrected chi connectivity index (χ2v) is 5.86. The Morgan fingerprint density at radius 1 is 1.20 bits per heavy atom. The first-order valence-electron chi connectivity index (χ1n) is 7.76. The number of aliphatic carboxylic acids is 1. The van der Waals surface area contributed by atoms with E-state index in [1.54, 1.807) is 13.0 Å². The van der Waals surface area contributed by atoms with Gasteiger partial charge in [0.15, 0.2) is 0 Å². The lowest BCUT2D eigenvalue weighted by Gasteiger charge is -2.39. The quantitative estimate of drug-likeness (QED) is 0.217. The molecule has 142 valence electrons. The Morgan fingerprint density at radius 3 is 2.40 bits per heavy atom. The summed E-state index contributed by atoms with van der Waals surface area (Å²) in [6.45, 7) is 2.37. The highest BCUT2D eigenvalue weighted by atomic mass is 16.7. The molecular formula is C16H24O9. The van der Waals surface area contributed by atoms with Crippen molar-refractivity contribution in [1.29, 1.82) is 0 Å². The molecule has 0 spiro atoms. The van der Waals surface area contributed by atoms with Crippen LogP contribution in [0.15, 0.2) is 23.8 Å². The van der Waals surface area contributed by atoms with Crippen LogP contribution in [-0.2, 0) is 19.1 Å². The van der Waals surface area contributed by atoms with Crippen LogP contribution < -0.4 is 0 Å². The summed E-state index contributed by atoms with van der Waals surface area (Å²) in [5.74, 6) is -2.31. The molecule has 0 aromatic carbocycles. The first-order chi connectivity index (χ1) is 11.7. The van der Waals surface area contributed by atoms with Crippen molar-refractivity contribution in [3.8, 4) is 0 Å². The zero-order valence-corrected chi connectivity index (χ0v) is 14.0. The van der Waals surface area contributed by atoms with Gasteiger partial charge in [0, 0.05) is 5.57 Å². The fourth-order valence-electron chi connectivity index (χ4n) is 2.03. The normalized spacial score (nSPS) is 31.8. The molecule has 1 heterocycles. The number of allylic oxidation sites excluding steroid dienone is 3. The zero-order valence-electron chi connectivity index (χ0n) is 14.0. The van der Waals surface area contributed by atoms with E-state index >= 15 is 0 Å². The van der Waals surface area contributed by atoms with Gasteiger partial charge in [-0.05, 0) is 13.3 Å². The van der Waals surface area contributed by atoms with Gasteiger partial charge < -0.3 is 35.0 Å². The van der Waals surface area contributed by atoms with E-state index in [0.29, 0.717) is 6.42 Å². The van der Waals surface area contributed by atoms with Crippen LogP contribution in [0.4, 0.5) is 0 Å². The smallest absolute Gasteiger partial charge is 0.336 e. The summed E-state index contributed by atoms with van der Waals surface area (Å²) in [7, 11) is 0. The number of aliphatic hydroxyl groups is 4. The monoisotopic (exact) mass is 360 g/mol. The van der Waals surface area contributed by atoms with Crippen LogP contribution in [0.25, 0.3) is 0 Å². The molecule has 1 rings (SSSR count). The first kappa shape index (κ1) is 21.3. The third-order valence-corrected chi connectivity index (χ3v) is 3.79. The average molecular weight is 360 g/mol. The third-order valence-electron chi connectivity index (χ3n) is 3.79. The number of hydrogen-bond donors (Lipinski definition) is 5. The predicted octanol–water partition coefficient (Wildman–Crippen LogP) is -1.06. The van der Waals surface area contributed by atoms with E-state index in [9.17, 15) is 24.9 Å². The average Bonchev–Trinajstić information content (AvgIpc) is 2.58. The molecule has 6 atom stereocenters. The molecule has 1 aliphatic rings. The predicted molar refractivity (Wildman–Crippen MR) is 84.2 cm³/mol. The molecule has 0 aliphatic carbocycles. The van der Waals surface area contributed by atoms with E-state index in [2.05, 4.69) is 0 Å². The van der Waals surface area contributed by atoms with Gasteiger partial charge >= 0.3 is 11.9 Å². The van der Waals surface area contributed by atoms with Crippen molar-refractivity contribution in [1.82, 2.24) is 0 Å². The highest BCUT2D eigenvalue weighted by molar-refractivity contribution is 5.88. The minimum Gasteiger partial charge on any atom is -0.481 e. The Kier molecular flexibility index (Phi) is 8.20. The van der Waals surface area contributed by atoms with Crippen molar-refractivity contribution < 1.29 is 44.6 Å². The molecule has 0 bridgehead atoms. The summed E-state index contributed by atoms with van der Waals surface area (Å²) in [6.07, 6.45) is -2.76. The highest BCUT2D eigenvalue weighted by Gasteiger charge is 2.45. The Morgan fingerprint density at radius 2 is 1.84 bits per heavy atom. The molecule has 1 saturated heterocycles. The number of ether oxygens (including phenoxy) is 2. The molecule has 0 aromatic rings. The molecule has 0 radical (unpaired) electrons.